The van der Waals surface area contributed by atoms with E-state index in [1.807, 2.05) is 19.1 Å². The summed E-state index contributed by atoms with van der Waals surface area (Å²) in [7, 11) is 4.38. The van der Waals surface area contributed by atoms with Gasteiger partial charge in [-0.1, -0.05) is 48.0 Å². The smallest absolute Gasteiger partial charge is 0.343 e. The van der Waals surface area contributed by atoms with E-state index in [4.69, 9.17) is 23.7 Å². The van der Waals surface area contributed by atoms with Crippen LogP contribution in [-0.2, 0) is 4.79 Å². The van der Waals surface area contributed by atoms with E-state index in [-0.39, 0.29) is 22.6 Å². The number of hydrazone groups is 1. The molecule has 0 heterocycles. The van der Waals surface area contributed by atoms with Crippen LogP contribution in [-0.4, -0.2) is 51.3 Å². The molecule has 0 fully saturated rings. The molecule has 12 nitrogen and oxygen atoms in total. The van der Waals surface area contributed by atoms with Crippen LogP contribution in [0.3, 0.4) is 0 Å². The van der Waals surface area contributed by atoms with Crippen molar-refractivity contribution >= 4 is 41.7 Å². The Hall–Kier alpha value is -7.21. The van der Waals surface area contributed by atoms with E-state index in [2.05, 4.69) is 15.8 Å². The largest absolute Gasteiger partial charge is 0.493 e. The number of rotatable bonds is 13. The first-order valence-electron chi connectivity index (χ1n) is 16.1. The van der Waals surface area contributed by atoms with E-state index in [0.29, 0.717) is 39.6 Å². The highest BCUT2D eigenvalue weighted by atomic mass is 16.5. The standard InChI is InChI=1S/C41H35N3O9/c1-26-13-15-29(16-14-26)41(48)53-33-11-7-5-9-27(33)19-22-37(45)52-34-12-8-6-10-30(34)25-42-44-40(47)28-17-20-32(21-18-28)43-39(46)31-23-35(49-2)38(51-4)36(24-31)50-3/h5-25H,1-4H3,(H,43,46)(H,44,47)/b22-19+,42-25+. The normalized spacial score (nSPS) is 10.8. The van der Waals surface area contributed by atoms with Gasteiger partial charge in [0.15, 0.2) is 11.5 Å². The zero-order valence-corrected chi connectivity index (χ0v) is 29.2. The molecular weight excluding hydrogens is 678 g/mol. The van der Waals surface area contributed by atoms with Gasteiger partial charge in [0.1, 0.15) is 11.5 Å². The number of anilines is 1. The van der Waals surface area contributed by atoms with Crippen LogP contribution < -0.4 is 34.4 Å². The summed E-state index contributed by atoms with van der Waals surface area (Å²) < 4.78 is 27.0. The van der Waals surface area contributed by atoms with Crippen LogP contribution >= 0.6 is 0 Å². The summed E-state index contributed by atoms with van der Waals surface area (Å²) in [6.45, 7) is 1.92. The predicted molar refractivity (Wildman–Crippen MR) is 199 cm³/mol. The Balaban J connectivity index is 1.17. The first-order chi connectivity index (χ1) is 25.7. The predicted octanol–water partition coefficient (Wildman–Crippen LogP) is 6.88. The Morgan fingerprint density at radius 3 is 1.81 bits per heavy atom. The second-order valence-corrected chi connectivity index (χ2v) is 11.2. The number of esters is 2. The summed E-state index contributed by atoms with van der Waals surface area (Å²) in [6, 6.07) is 29.7. The molecule has 0 aliphatic rings. The van der Waals surface area contributed by atoms with Crippen molar-refractivity contribution in [3.63, 3.8) is 0 Å². The van der Waals surface area contributed by atoms with Crippen LogP contribution in [0.1, 0.15) is 47.8 Å². The summed E-state index contributed by atoms with van der Waals surface area (Å²) >= 11 is 0. The number of ether oxygens (including phenoxy) is 5. The quantitative estimate of drug-likeness (QED) is 0.0438. The lowest BCUT2D eigenvalue weighted by molar-refractivity contribution is -0.128. The third-order valence-electron chi connectivity index (χ3n) is 7.64. The first kappa shape index (κ1) is 37.1. The third-order valence-corrected chi connectivity index (χ3v) is 7.64. The van der Waals surface area contributed by atoms with Gasteiger partial charge < -0.3 is 29.0 Å². The Bertz CT molecular complexity index is 2150. The number of nitrogens with one attached hydrogen (secondary N) is 2. The van der Waals surface area contributed by atoms with Crippen molar-refractivity contribution in [2.45, 2.75) is 6.92 Å². The monoisotopic (exact) mass is 713 g/mol. The number of methoxy groups -OCH3 is 3. The van der Waals surface area contributed by atoms with Crippen LogP contribution in [0, 0.1) is 6.92 Å². The Kier molecular flexibility index (Phi) is 12.3. The van der Waals surface area contributed by atoms with Crippen molar-refractivity contribution in [1.29, 1.82) is 0 Å². The van der Waals surface area contributed by atoms with Crippen molar-refractivity contribution in [1.82, 2.24) is 5.43 Å². The Labute approximate surface area is 305 Å². The molecule has 268 valence electrons. The van der Waals surface area contributed by atoms with Crippen LogP contribution in [0.5, 0.6) is 28.7 Å². The Morgan fingerprint density at radius 2 is 1.19 bits per heavy atom. The molecule has 0 saturated heterocycles. The topological polar surface area (TPSA) is 151 Å². The molecule has 0 saturated carbocycles. The number of carbonyl (C=O) groups excluding carboxylic acids is 4. The maximum atomic E-state index is 12.9. The third kappa shape index (κ3) is 9.73. The van der Waals surface area contributed by atoms with Crippen LogP contribution in [0.2, 0.25) is 0 Å². The fourth-order valence-electron chi connectivity index (χ4n) is 4.89. The lowest BCUT2D eigenvalue weighted by Crippen LogP contribution is -2.18. The highest BCUT2D eigenvalue weighted by Gasteiger charge is 2.18. The molecule has 2 amide bonds. The highest BCUT2D eigenvalue weighted by molar-refractivity contribution is 6.05. The number of hydrogen-bond acceptors (Lipinski definition) is 10. The first-order valence-corrected chi connectivity index (χ1v) is 16.1. The average Bonchev–Trinajstić information content (AvgIpc) is 3.18. The summed E-state index contributed by atoms with van der Waals surface area (Å²) in [5.41, 5.74) is 5.78. The molecule has 5 rings (SSSR count). The lowest BCUT2D eigenvalue weighted by atomic mass is 10.1. The van der Waals surface area contributed by atoms with E-state index in [9.17, 15) is 19.2 Å². The molecule has 12 heteroatoms. The molecule has 0 aromatic heterocycles. The maximum absolute atomic E-state index is 12.9. The van der Waals surface area contributed by atoms with Crippen LogP contribution in [0.25, 0.3) is 6.08 Å². The van der Waals surface area contributed by atoms with Gasteiger partial charge in [-0.05, 0) is 79.7 Å². The molecular formula is C41H35N3O9. The van der Waals surface area contributed by atoms with E-state index < -0.39 is 23.8 Å². The van der Waals surface area contributed by atoms with Crippen molar-refractivity contribution in [3.05, 3.63) is 149 Å². The Morgan fingerprint density at radius 1 is 0.604 bits per heavy atom. The van der Waals surface area contributed by atoms with Gasteiger partial charge in [0.25, 0.3) is 11.8 Å². The second-order valence-electron chi connectivity index (χ2n) is 11.2. The van der Waals surface area contributed by atoms with Gasteiger partial charge in [-0.25, -0.2) is 15.0 Å². The molecule has 0 aliphatic heterocycles. The fourth-order valence-corrected chi connectivity index (χ4v) is 4.89. The van der Waals surface area contributed by atoms with Gasteiger partial charge in [-0.3, -0.25) is 9.59 Å². The molecule has 0 unspecified atom stereocenters. The molecule has 0 aliphatic carbocycles. The van der Waals surface area contributed by atoms with Gasteiger partial charge in [0.05, 0.1) is 33.1 Å². The van der Waals surface area contributed by atoms with E-state index in [1.165, 1.54) is 64.0 Å². The fraction of sp³-hybridized carbons (Fsp3) is 0.0976. The number of carbonyl (C=O) groups is 4. The summed E-state index contributed by atoms with van der Waals surface area (Å²) in [6.07, 6.45) is 4.04. The van der Waals surface area contributed by atoms with Gasteiger partial charge in [-0.2, -0.15) is 5.10 Å². The number of benzene rings is 5. The summed E-state index contributed by atoms with van der Waals surface area (Å²) in [5.74, 6) is -0.644. The van der Waals surface area contributed by atoms with E-state index >= 15 is 0 Å². The zero-order chi connectivity index (χ0) is 37.7. The molecule has 0 atom stereocenters. The van der Waals surface area contributed by atoms with Crippen molar-refractivity contribution in [3.8, 4) is 28.7 Å². The maximum Gasteiger partial charge on any atom is 0.343 e. The van der Waals surface area contributed by atoms with Gasteiger partial charge in [0.2, 0.25) is 5.75 Å². The van der Waals surface area contributed by atoms with Crippen LogP contribution in [0.4, 0.5) is 5.69 Å². The van der Waals surface area contributed by atoms with Gasteiger partial charge >= 0.3 is 11.9 Å². The number of amides is 2. The van der Waals surface area contributed by atoms with Gasteiger partial charge in [0, 0.05) is 34.0 Å². The minimum atomic E-state index is -0.688. The summed E-state index contributed by atoms with van der Waals surface area (Å²) in [5, 5.41) is 6.79. The number of nitrogens with zero attached hydrogens (tertiary/aromatic N) is 1. The highest BCUT2D eigenvalue weighted by Crippen LogP contribution is 2.38. The summed E-state index contributed by atoms with van der Waals surface area (Å²) in [4.78, 5) is 51.1. The van der Waals surface area contributed by atoms with Gasteiger partial charge in [-0.15, -0.1) is 0 Å². The van der Waals surface area contributed by atoms with E-state index in [0.717, 1.165) is 5.56 Å². The lowest BCUT2D eigenvalue weighted by Gasteiger charge is -2.14. The van der Waals surface area contributed by atoms with Crippen molar-refractivity contribution in [2.75, 3.05) is 26.6 Å². The minimum Gasteiger partial charge on any atom is -0.493 e. The van der Waals surface area contributed by atoms with E-state index in [1.54, 1.807) is 72.8 Å². The minimum absolute atomic E-state index is 0.200. The SMILES string of the molecule is COc1cc(C(=O)Nc2ccc(C(=O)N/N=C/c3ccccc3OC(=O)/C=C/c3ccccc3OC(=O)c3ccc(C)cc3)cc2)cc(OC)c1OC. The van der Waals surface area contributed by atoms with Crippen molar-refractivity contribution < 1.29 is 42.9 Å². The second kappa shape index (κ2) is 17.6. The molecule has 53 heavy (non-hydrogen) atoms. The average molecular weight is 714 g/mol. The number of hydrogen-bond donors (Lipinski definition) is 2. The molecule has 5 aromatic carbocycles. The van der Waals surface area contributed by atoms with Crippen LogP contribution in [0.15, 0.2) is 120 Å². The van der Waals surface area contributed by atoms with Crippen molar-refractivity contribution in [2.24, 2.45) is 5.10 Å². The molecule has 0 radical (unpaired) electrons. The zero-order valence-electron chi connectivity index (χ0n) is 29.2. The molecule has 0 bridgehead atoms. The number of aryl methyl sites for hydroxylation is 1. The number of para-hydroxylation sites is 2. The molecule has 5 aromatic rings. The molecule has 2 N–H and O–H groups in total. The molecule has 0 spiro atoms.